The summed E-state index contributed by atoms with van der Waals surface area (Å²) in [5.74, 6) is -5.45. The van der Waals surface area contributed by atoms with Crippen LogP contribution in [0.1, 0.15) is 27.9 Å². The first-order valence-corrected chi connectivity index (χ1v) is 13.6. The highest BCUT2D eigenvalue weighted by Gasteiger charge is 2.34. The second-order valence-electron chi connectivity index (χ2n) is 10.2. The molecular weight excluding hydrogens is 558 g/mol. The average molecular weight is 589 g/mol. The first-order chi connectivity index (χ1) is 20.7. The van der Waals surface area contributed by atoms with E-state index in [2.05, 4.69) is 10.3 Å². The lowest BCUT2D eigenvalue weighted by molar-refractivity contribution is -0.123. The molecule has 0 spiro atoms. The van der Waals surface area contributed by atoms with E-state index in [9.17, 15) is 14.7 Å². The molecule has 43 heavy (non-hydrogen) atoms. The van der Waals surface area contributed by atoms with E-state index in [1.54, 1.807) is 31.2 Å². The van der Waals surface area contributed by atoms with E-state index in [4.69, 9.17) is 15.2 Å². The van der Waals surface area contributed by atoms with Crippen LogP contribution in [0, 0.1) is 24.5 Å². The fraction of sp³-hybridized carbons (Fsp3) is 0.219. The Labute approximate surface area is 246 Å². The second-order valence-corrected chi connectivity index (χ2v) is 10.2. The number of aryl methyl sites for hydroxylation is 1. The third kappa shape index (κ3) is 6.26. The van der Waals surface area contributed by atoms with Gasteiger partial charge in [0.1, 0.15) is 22.7 Å². The van der Waals surface area contributed by atoms with E-state index in [0.29, 0.717) is 18.5 Å². The monoisotopic (exact) mass is 588 g/mol. The van der Waals surface area contributed by atoms with E-state index >= 15 is 8.78 Å². The Kier molecular flexibility index (Phi) is 8.53. The van der Waals surface area contributed by atoms with Gasteiger partial charge in [0.2, 0.25) is 17.5 Å². The molecule has 3 aromatic carbocycles. The van der Waals surface area contributed by atoms with Crippen LogP contribution in [0.25, 0.3) is 11.1 Å². The van der Waals surface area contributed by atoms with Gasteiger partial charge in [0.25, 0.3) is 11.8 Å². The molecule has 1 unspecified atom stereocenters. The maximum absolute atomic E-state index is 16.1. The number of ether oxygens (including phenoxy) is 2. The van der Waals surface area contributed by atoms with Crippen LogP contribution in [0.2, 0.25) is 0 Å². The Hall–Kier alpha value is -5.03. The molecule has 2 heterocycles. The second kappa shape index (κ2) is 12.5. The van der Waals surface area contributed by atoms with Gasteiger partial charge in [0, 0.05) is 26.7 Å². The zero-order chi connectivity index (χ0) is 30.7. The molecule has 0 radical (unpaired) electrons. The van der Waals surface area contributed by atoms with Gasteiger partial charge < -0.3 is 30.5 Å². The third-order valence-electron chi connectivity index (χ3n) is 7.23. The van der Waals surface area contributed by atoms with Crippen LogP contribution in [0.3, 0.4) is 0 Å². The molecule has 0 bridgehead atoms. The lowest BCUT2D eigenvalue weighted by Crippen LogP contribution is -2.30. The number of nitrogens with one attached hydrogen (secondary N) is 1. The number of benzene rings is 3. The summed E-state index contributed by atoms with van der Waals surface area (Å²) in [4.78, 5) is 29.5. The third-order valence-corrected chi connectivity index (χ3v) is 7.23. The van der Waals surface area contributed by atoms with Crippen molar-refractivity contribution in [1.29, 1.82) is 0 Å². The van der Waals surface area contributed by atoms with Gasteiger partial charge in [-0.3, -0.25) is 4.79 Å². The van der Waals surface area contributed by atoms with E-state index in [-0.39, 0.29) is 36.1 Å². The van der Waals surface area contributed by atoms with Gasteiger partial charge in [-0.2, -0.15) is 13.8 Å². The predicted octanol–water partition coefficient (Wildman–Crippen LogP) is 5.65. The molecule has 1 saturated heterocycles. The molecule has 1 aliphatic rings. The van der Waals surface area contributed by atoms with Crippen LogP contribution in [0.15, 0.2) is 66.7 Å². The van der Waals surface area contributed by atoms with Crippen LogP contribution in [-0.2, 0) is 11.3 Å². The zero-order valence-corrected chi connectivity index (χ0v) is 23.6. The van der Waals surface area contributed by atoms with Gasteiger partial charge in [0.15, 0.2) is 0 Å². The van der Waals surface area contributed by atoms with Crippen molar-refractivity contribution in [2.75, 3.05) is 25.0 Å². The van der Waals surface area contributed by atoms with Crippen LogP contribution >= 0.6 is 0 Å². The molecule has 0 saturated carbocycles. The van der Waals surface area contributed by atoms with Crippen molar-refractivity contribution in [2.24, 2.45) is 11.7 Å². The maximum Gasteiger partial charge on any atom is 0.339 e. The summed E-state index contributed by atoms with van der Waals surface area (Å²) in [7, 11) is 1.50. The van der Waals surface area contributed by atoms with Gasteiger partial charge in [-0.15, -0.1) is 0 Å². The number of anilines is 1. The number of halogens is 2. The minimum absolute atomic E-state index is 0.0498. The van der Waals surface area contributed by atoms with Crippen molar-refractivity contribution in [3.8, 4) is 34.4 Å². The SMILES string of the molecule is CNC(=O)C1CCN(c2c(F)c(Oc3cccc(-c4cccc(CN)c4)c3)nc(Oc3cc(C)ccc3C(=O)O)c2F)C1. The lowest BCUT2D eigenvalue weighted by atomic mass is 10.0. The Bertz CT molecular complexity index is 1700. The molecular formula is C32H30F2N4O5. The summed E-state index contributed by atoms with van der Waals surface area (Å²) in [6, 6.07) is 18.8. The van der Waals surface area contributed by atoms with Crippen LogP contribution in [0.5, 0.6) is 23.3 Å². The number of aromatic carboxylic acids is 1. The van der Waals surface area contributed by atoms with Crippen molar-refractivity contribution in [1.82, 2.24) is 10.3 Å². The molecule has 5 rings (SSSR count). The van der Waals surface area contributed by atoms with Crippen molar-refractivity contribution in [2.45, 2.75) is 19.9 Å². The summed E-state index contributed by atoms with van der Waals surface area (Å²) >= 11 is 0. The summed E-state index contributed by atoms with van der Waals surface area (Å²) in [5, 5.41) is 12.2. The fourth-order valence-electron chi connectivity index (χ4n) is 5.01. The minimum Gasteiger partial charge on any atom is -0.478 e. The number of aromatic nitrogens is 1. The first kappa shape index (κ1) is 29.5. The zero-order valence-electron chi connectivity index (χ0n) is 23.6. The van der Waals surface area contributed by atoms with Crippen molar-refractivity contribution >= 4 is 17.6 Å². The molecule has 11 heteroatoms. The smallest absolute Gasteiger partial charge is 0.339 e. The van der Waals surface area contributed by atoms with E-state index in [1.165, 1.54) is 24.1 Å². The molecule has 1 atom stereocenters. The summed E-state index contributed by atoms with van der Waals surface area (Å²) < 4.78 is 43.6. The Balaban J connectivity index is 1.57. The van der Waals surface area contributed by atoms with Crippen molar-refractivity contribution < 1.29 is 33.0 Å². The lowest BCUT2D eigenvalue weighted by Gasteiger charge is -2.22. The number of nitrogens with zero attached hydrogens (tertiary/aromatic N) is 2. The highest BCUT2D eigenvalue weighted by atomic mass is 19.1. The molecule has 4 aromatic rings. The van der Waals surface area contributed by atoms with Gasteiger partial charge >= 0.3 is 5.97 Å². The van der Waals surface area contributed by atoms with Crippen LogP contribution in [-0.4, -0.2) is 42.1 Å². The number of pyridine rings is 1. The topological polar surface area (TPSA) is 127 Å². The standard InChI is InChI=1S/C32H30F2N4O5/c1-18-9-10-24(32(40)41)25(13-18)43-31-27(34)28(38-12-11-22(17-38)29(39)36-2)26(33)30(37-31)42-23-8-4-7-21(15-23)20-6-3-5-19(14-20)16-35/h3-10,13-15,22H,11-12,16-17,35H2,1-2H3,(H,36,39)(H,40,41). The Morgan fingerprint density at radius 2 is 1.72 bits per heavy atom. The Morgan fingerprint density at radius 3 is 2.42 bits per heavy atom. The van der Waals surface area contributed by atoms with Gasteiger partial charge in [-0.05, 0) is 65.9 Å². The van der Waals surface area contributed by atoms with E-state index < -0.39 is 41.0 Å². The maximum atomic E-state index is 16.1. The molecule has 1 fully saturated rings. The normalized spacial score (nSPS) is 14.4. The quantitative estimate of drug-likeness (QED) is 0.229. The molecule has 1 amide bonds. The van der Waals surface area contributed by atoms with E-state index in [0.717, 1.165) is 16.7 Å². The van der Waals surface area contributed by atoms with Gasteiger partial charge in [0.05, 0.1) is 5.92 Å². The number of hydrogen-bond donors (Lipinski definition) is 3. The molecule has 0 aliphatic carbocycles. The van der Waals surface area contributed by atoms with Crippen molar-refractivity contribution in [3.05, 3.63) is 95.1 Å². The van der Waals surface area contributed by atoms with Crippen molar-refractivity contribution in [3.63, 3.8) is 0 Å². The Morgan fingerprint density at radius 1 is 1.02 bits per heavy atom. The average Bonchev–Trinajstić information content (AvgIpc) is 3.49. The number of hydrogen-bond acceptors (Lipinski definition) is 7. The highest BCUT2D eigenvalue weighted by molar-refractivity contribution is 5.91. The first-order valence-electron chi connectivity index (χ1n) is 13.6. The number of carboxylic acid groups (broad SMARTS) is 1. The number of carbonyl (C=O) groups excluding carboxylic acids is 1. The van der Waals surface area contributed by atoms with Gasteiger partial charge in [-0.1, -0.05) is 36.4 Å². The predicted molar refractivity (Wildman–Crippen MR) is 157 cm³/mol. The number of nitrogens with two attached hydrogens (primary N) is 1. The molecule has 1 aromatic heterocycles. The highest BCUT2D eigenvalue weighted by Crippen LogP contribution is 2.41. The number of carboxylic acids is 1. The molecule has 4 N–H and O–H groups in total. The number of rotatable bonds is 9. The van der Waals surface area contributed by atoms with Crippen LogP contribution < -0.4 is 25.4 Å². The number of carbonyl (C=O) groups is 2. The van der Waals surface area contributed by atoms with Crippen LogP contribution in [0.4, 0.5) is 14.5 Å². The van der Waals surface area contributed by atoms with E-state index in [1.807, 2.05) is 30.3 Å². The largest absolute Gasteiger partial charge is 0.478 e. The summed E-state index contributed by atoms with van der Waals surface area (Å²) in [6.45, 7) is 2.31. The fourth-order valence-corrected chi connectivity index (χ4v) is 5.01. The molecule has 9 nitrogen and oxygen atoms in total. The molecule has 1 aliphatic heterocycles. The minimum atomic E-state index is -1.29. The summed E-state index contributed by atoms with van der Waals surface area (Å²) in [5.41, 5.74) is 8.29. The van der Waals surface area contributed by atoms with Gasteiger partial charge in [-0.25, -0.2) is 4.79 Å². The number of amides is 1. The summed E-state index contributed by atoms with van der Waals surface area (Å²) in [6.07, 6.45) is 0.373. The molecule has 222 valence electrons.